The van der Waals surface area contributed by atoms with Crippen LogP contribution in [0.4, 0.5) is 0 Å². The number of hydrogen-bond donors (Lipinski definition) is 1. The number of rotatable bonds is 4. The predicted octanol–water partition coefficient (Wildman–Crippen LogP) is 0.601. The quantitative estimate of drug-likeness (QED) is 0.592. The molecule has 0 saturated carbocycles. The van der Waals surface area contributed by atoms with E-state index in [1.54, 1.807) is 48.5 Å². The third-order valence-electron chi connectivity index (χ3n) is 5.51. The molecule has 32 heavy (non-hydrogen) atoms. The molecule has 4 aliphatic heterocycles. The number of carbonyl (C=O) groups excluding carboxylic acids is 2. The monoisotopic (exact) mass is 460 g/mol. The van der Waals surface area contributed by atoms with Gasteiger partial charge in [0.1, 0.15) is 11.7 Å². The molecular weight excluding hydrogens is 428 g/mol. The molecular formula is C21H32O11. The minimum absolute atomic E-state index is 0.379. The molecule has 4 heterocycles. The van der Waals surface area contributed by atoms with Crippen molar-refractivity contribution in [3.8, 4) is 0 Å². The normalized spacial score (nSPS) is 41.9. The SMILES string of the molecule is CC(C)(C)OC(=O)[C@H]1O[C@@H]2OC(C)(C)O[C@@H]2[C@@H]1OC(=O)[C@H]1O[C@@H]2OC(C)(C)O[C@@H]2[C@@H]1CO. The summed E-state index contributed by atoms with van der Waals surface area (Å²) >= 11 is 0. The maximum Gasteiger partial charge on any atom is 0.339 e. The molecule has 0 aliphatic carbocycles. The lowest BCUT2D eigenvalue weighted by Gasteiger charge is -2.29. The number of hydrogen-bond acceptors (Lipinski definition) is 11. The van der Waals surface area contributed by atoms with E-state index in [2.05, 4.69) is 0 Å². The van der Waals surface area contributed by atoms with E-state index >= 15 is 0 Å². The van der Waals surface area contributed by atoms with Crippen molar-refractivity contribution in [3.63, 3.8) is 0 Å². The van der Waals surface area contributed by atoms with Crippen molar-refractivity contribution in [2.24, 2.45) is 5.92 Å². The summed E-state index contributed by atoms with van der Waals surface area (Å²) < 4.78 is 45.5. The van der Waals surface area contributed by atoms with Crippen molar-refractivity contribution < 1.29 is 52.6 Å². The van der Waals surface area contributed by atoms with Crippen LogP contribution in [-0.4, -0.2) is 83.9 Å². The van der Waals surface area contributed by atoms with Crippen LogP contribution in [0.3, 0.4) is 0 Å². The Bertz CT molecular complexity index is 757. The molecule has 0 radical (unpaired) electrons. The summed E-state index contributed by atoms with van der Waals surface area (Å²) in [6, 6.07) is 0. The van der Waals surface area contributed by atoms with Gasteiger partial charge < -0.3 is 43.0 Å². The van der Waals surface area contributed by atoms with Crippen molar-refractivity contribution in [1.29, 1.82) is 0 Å². The maximum atomic E-state index is 13.1. The Labute approximate surface area is 186 Å². The number of aliphatic hydroxyl groups is 1. The van der Waals surface area contributed by atoms with Crippen molar-refractivity contribution in [2.75, 3.05) is 6.61 Å². The molecule has 4 saturated heterocycles. The van der Waals surface area contributed by atoms with Gasteiger partial charge in [0.2, 0.25) is 0 Å². The molecule has 1 N–H and O–H groups in total. The Balaban J connectivity index is 1.50. The van der Waals surface area contributed by atoms with E-state index in [4.69, 9.17) is 37.9 Å². The van der Waals surface area contributed by atoms with Crippen LogP contribution in [0.25, 0.3) is 0 Å². The van der Waals surface area contributed by atoms with Gasteiger partial charge in [-0.3, -0.25) is 0 Å². The van der Waals surface area contributed by atoms with Gasteiger partial charge >= 0.3 is 11.9 Å². The van der Waals surface area contributed by atoms with Gasteiger partial charge in [0.25, 0.3) is 0 Å². The second kappa shape index (κ2) is 7.86. The summed E-state index contributed by atoms with van der Waals surface area (Å²) in [7, 11) is 0. The third kappa shape index (κ3) is 4.52. The first-order valence-corrected chi connectivity index (χ1v) is 10.8. The van der Waals surface area contributed by atoms with Crippen LogP contribution in [-0.2, 0) is 47.5 Å². The van der Waals surface area contributed by atoms with Crippen LogP contribution in [0.15, 0.2) is 0 Å². The zero-order valence-corrected chi connectivity index (χ0v) is 19.4. The molecule has 8 atom stereocenters. The first-order chi connectivity index (χ1) is 14.7. The molecule has 4 rings (SSSR count). The molecule has 0 aromatic heterocycles. The van der Waals surface area contributed by atoms with E-state index in [0.717, 1.165) is 0 Å². The minimum atomic E-state index is -1.25. The average Bonchev–Trinajstić information content (AvgIpc) is 3.29. The Kier molecular flexibility index (Phi) is 5.85. The summed E-state index contributed by atoms with van der Waals surface area (Å²) in [5.41, 5.74) is -0.775. The fraction of sp³-hybridized carbons (Fsp3) is 0.905. The van der Waals surface area contributed by atoms with Gasteiger partial charge in [-0.25, -0.2) is 9.59 Å². The lowest BCUT2D eigenvalue weighted by atomic mass is 9.99. The van der Waals surface area contributed by atoms with E-state index in [0.29, 0.717) is 0 Å². The number of aliphatic hydroxyl groups excluding tert-OH is 1. The van der Waals surface area contributed by atoms with Crippen LogP contribution < -0.4 is 0 Å². The summed E-state index contributed by atoms with van der Waals surface area (Å²) in [6.45, 7) is 11.6. The fourth-order valence-corrected chi connectivity index (χ4v) is 4.36. The van der Waals surface area contributed by atoms with Gasteiger partial charge in [-0.2, -0.15) is 0 Å². The zero-order chi connectivity index (χ0) is 23.6. The van der Waals surface area contributed by atoms with Crippen molar-refractivity contribution in [1.82, 2.24) is 0 Å². The van der Waals surface area contributed by atoms with Gasteiger partial charge in [0.15, 0.2) is 48.6 Å². The molecule has 0 bridgehead atoms. The highest BCUT2D eigenvalue weighted by Gasteiger charge is 2.62. The zero-order valence-electron chi connectivity index (χ0n) is 19.4. The third-order valence-corrected chi connectivity index (χ3v) is 5.51. The highest BCUT2D eigenvalue weighted by molar-refractivity contribution is 5.79. The lowest BCUT2D eigenvalue weighted by Crippen LogP contribution is -2.47. The Morgan fingerprint density at radius 2 is 1.38 bits per heavy atom. The fourth-order valence-electron chi connectivity index (χ4n) is 4.36. The maximum absolute atomic E-state index is 13.1. The van der Waals surface area contributed by atoms with Gasteiger partial charge in [-0.05, 0) is 48.5 Å². The van der Waals surface area contributed by atoms with Crippen molar-refractivity contribution in [2.45, 2.75) is 109 Å². The molecule has 0 spiro atoms. The van der Waals surface area contributed by atoms with E-state index in [1.165, 1.54) is 0 Å². The van der Waals surface area contributed by atoms with E-state index < -0.39 is 78.1 Å². The Morgan fingerprint density at radius 3 is 1.94 bits per heavy atom. The highest BCUT2D eigenvalue weighted by Crippen LogP contribution is 2.43. The summed E-state index contributed by atoms with van der Waals surface area (Å²) in [6.07, 6.45) is -6.74. The van der Waals surface area contributed by atoms with Crippen LogP contribution >= 0.6 is 0 Å². The summed E-state index contributed by atoms with van der Waals surface area (Å²) in [4.78, 5) is 25.9. The first-order valence-electron chi connectivity index (χ1n) is 10.8. The van der Waals surface area contributed by atoms with Gasteiger partial charge in [-0.1, -0.05) is 0 Å². The molecule has 11 nitrogen and oxygen atoms in total. The average molecular weight is 460 g/mol. The van der Waals surface area contributed by atoms with Crippen LogP contribution in [0.5, 0.6) is 0 Å². The topological polar surface area (TPSA) is 128 Å². The molecule has 0 aromatic rings. The number of ether oxygens (including phenoxy) is 8. The minimum Gasteiger partial charge on any atom is -0.458 e. The Hall–Kier alpha value is -1.34. The molecule has 4 fully saturated rings. The first kappa shape index (κ1) is 23.8. The smallest absolute Gasteiger partial charge is 0.339 e. The second-order valence-electron chi connectivity index (χ2n) is 10.3. The van der Waals surface area contributed by atoms with Crippen LogP contribution in [0.1, 0.15) is 48.5 Å². The van der Waals surface area contributed by atoms with Crippen molar-refractivity contribution >= 4 is 11.9 Å². The van der Waals surface area contributed by atoms with E-state index in [-0.39, 0.29) is 6.61 Å². The second-order valence-corrected chi connectivity index (χ2v) is 10.3. The lowest BCUT2D eigenvalue weighted by molar-refractivity contribution is -0.233. The summed E-state index contributed by atoms with van der Waals surface area (Å²) in [5, 5.41) is 9.88. The predicted molar refractivity (Wildman–Crippen MR) is 104 cm³/mol. The molecule has 0 amide bonds. The molecule has 11 heteroatoms. The number of carbonyl (C=O) groups is 2. The molecule has 4 aliphatic rings. The highest BCUT2D eigenvalue weighted by atomic mass is 16.9. The van der Waals surface area contributed by atoms with Gasteiger partial charge in [0.05, 0.1) is 12.5 Å². The summed E-state index contributed by atoms with van der Waals surface area (Å²) in [5.74, 6) is -4.08. The number of fused-ring (bicyclic) bond motifs is 2. The standard InChI is InChI=1S/C21H32O11/c1-19(2,3)30-16(24)13-12(14-18(27-13)32-21(6,7)29-14)25-15(23)10-9(8-22)11-17(26-10)31-20(4,5)28-11/h9-14,17-18,22H,8H2,1-7H3/t9-,10+,11-,12-,13+,14-,17-,18-/m1/s1. The van der Waals surface area contributed by atoms with Crippen molar-refractivity contribution in [3.05, 3.63) is 0 Å². The van der Waals surface area contributed by atoms with E-state index in [1.807, 2.05) is 0 Å². The molecule has 0 aromatic carbocycles. The van der Waals surface area contributed by atoms with Crippen LogP contribution in [0, 0.1) is 5.92 Å². The molecule has 182 valence electrons. The van der Waals surface area contributed by atoms with Gasteiger partial charge in [0, 0.05) is 0 Å². The van der Waals surface area contributed by atoms with Gasteiger partial charge in [-0.15, -0.1) is 0 Å². The van der Waals surface area contributed by atoms with E-state index in [9.17, 15) is 14.7 Å². The number of esters is 2. The molecule has 0 unspecified atom stereocenters. The van der Waals surface area contributed by atoms with Crippen LogP contribution in [0.2, 0.25) is 0 Å². The largest absolute Gasteiger partial charge is 0.458 e. The Morgan fingerprint density at radius 1 is 0.844 bits per heavy atom.